The lowest BCUT2D eigenvalue weighted by molar-refractivity contribution is 0.602. The number of halogens is 2. The Balaban J connectivity index is 2.26. The molecule has 2 aromatic carbocycles. The van der Waals surface area contributed by atoms with E-state index < -0.39 is 9.84 Å². The van der Waals surface area contributed by atoms with Crippen LogP contribution in [0, 0.1) is 12.7 Å². The number of sulfone groups is 1. The average Bonchev–Trinajstić information content (AvgIpc) is 2.72. The zero-order valence-corrected chi connectivity index (χ0v) is 13.4. The molecule has 0 saturated heterocycles. The highest BCUT2D eigenvalue weighted by Gasteiger charge is 2.15. The van der Waals surface area contributed by atoms with E-state index in [1.54, 1.807) is 23.6 Å². The van der Waals surface area contributed by atoms with Crippen LogP contribution < -0.4 is 0 Å². The number of imidazole rings is 1. The van der Waals surface area contributed by atoms with Crippen molar-refractivity contribution >= 4 is 32.5 Å². The molecule has 1 aromatic heterocycles. The van der Waals surface area contributed by atoms with Gasteiger partial charge in [-0.3, -0.25) is 4.57 Å². The van der Waals surface area contributed by atoms with Crippen molar-refractivity contribution in [3.05, 3.63) is 53.1 Å². The van der Waals surface area contributed by atoms with Gasteiger partial charge in [-0.25, -0.2) is 17.8 Å². The minimum Gasteiger partial charge on any atom is -0.296 e. The molecule has 114 valence electrons. The van der Waals surface area contributed by atoms with Gasteiger partial charge in [0, 0.05) is 18.0 Å². The zero-order valence-electron chi connectivity index (χ0n) is 11.8. The van der Waals surface area contributed by atoms with E-state index in [0.29, 0.717) is 22.5 Å². The van der Waals surface area contributed by atoms with Crippen LogP contribution in [-0.4, -0.2) is 24.2 Å². The average molecular weight is 339 g/mol. The summed E-state index contributed by atoms with van der Waals surface area (Å²) in [7, 11) is -3.40. The Morgan fingerprint density at radius 2 is 1.91 bits per heavy atom. The largest absolute Gasteiger partial charge is 0.296 e. The summed E-state index contributed by atoms with van der Waals surface area (Å²) in [6.45, 7) is 1.79. The first kappa shape index (κ1) is 15.0. The summed E-state index contributed by atoms with van der Waals surface area (Å²) in [5, 5.41) is 0.123. The van der Waals surface area contributed by atoms with Gasteiger partial charge in [-0.05, 0) is 37.3 Å². The van der Waals surface area contributed by atoms with Crippen molar-refractivity contribution in [2.75, 3.05) is 6.26 Å². The van der Waals surface area contributed by atoms with Crippen LogP contribution in [0.4, 0.5) is 4.39 Å². The third-order valence-electron chi connectivity index (χ3n) is 3.36. The summed E-state index contributed by atoms with van der Waals surface area (Å²) in [6, 6.07) is 8.93. The molecular formula is C15H12ClFN2O2S. The minimum atomic E-state index is -3.40. The van der Waals surface area contributed by atoms with Gasteiger partial charge in [0.2, 0.25) is 0 Å². The van der Waals surface area contributed by atoms with Crippen LogP contribution in [0.2, 0.25) is 5.02 Å². The van der Waals surface area contributed by atoms with Crippen molar-refractivity contribution in [1.29, 1.82) is 0 Å². The summed E-state index contributed by atoms with van der Waals surface area (Å²) in [4.78, 5) is 4.43. The molecule has 0 atom stereocenters. The quantitative estimate of drug-likeness (QED) is 0.718. The molecule has 0 amide bonds. The lowest BCUT2D eigenvalue weighted by Gasteiger charge is -2.09. The van der Waals surface area contributed by atoms with E-state index in [4.69, 9.17) is 11.6 Å². The van der Waals surface area contributed by atoms with Crippen LogP contribution in [0.5, 0.6) is 0 Å². The van der Waals surface area contributed by atoms with Gasteiger partial charge in [-0.15, -0.1) is 0 Å². The first-order chi connectivity index (χ1) is 10.3. The van der Waals surface area contributed by atoms with Gasteiger partial charge in [0.1, 0.15) is 11.6 Å². The molecule has 0 bridgehead atoms. The molecule has 0 N–H and O–H groups in total. The van der Waals surface area contributed by atoms with E-state index in [1.165, 1.54) is 24.3 Å². The number of rotatable bonds is 2. The molecule has 0 unspecified atom stereocenters. The second kappa shape index (κ2) is 5.07. The van der Waals surface area contributed by atoms with E-state index in [-0.39, 0.29) is 15.7 Å². The van der Waals surface area contributed by atoms with Crippen molar-refractivity contribution in [1.82, 2.24) is 9.55 Å². The fourth-order valence-corrected chi connectivity index (χ4v) is 3.75. The summed E-state index contributed by atoms with van der Waals surface area (Å²) in [5.74, 6) is 0.288. The molecular weight excluding hydrogens is 327 g/mol. The van der Waals surface area contributed by atoms with Crippen LogP contribution in [0.3, 0.4) is 0 Å². The first-order valence-electron chi connectivity index (χ1n) is 6.42. The predicted molar refractivity (Wildman–Crippen MR) is 83.9 cm³/mol. The Morgan fingerprint density at radius 1 is 1.18 bits per heavy atom. The van der Waals surface area contributed by atoms with Crippen molar-refractivity contribution in [2.45, 2.75) is 11.8 Å². The highest BCUT2D eigenvalue weighted by Crippen LogP contribution is 2.28. The van der Waals surface area contributed by atoms with Gasteiger partial charge in [0.05, 0.1) is 21.0 Å². The fourth-order valence-electron chi connectivity index (χ4n) is 2.42. The molecule has 1 heterocycles. The third-order valence-corrected chi connectivity index (χ3v) is 4.94. The van der Waals surface area contributed by atoms with Gasteiger partial charge >= 0.3 is 0 Å². The van der Waals surface area contributed by atoms with E-state index in [1.807, 2.05) is 0 Å². The molecule has 0 spiro atoms. The molecule has 0 aliphatic heterocycles. The monoisotopic (exact) mass is 338 g/mol. The summed E-state index contributed by atoms with van der Waals surface area (Å²) >= 11 is 6.08. The Hall–Kier alpha value is -1.92. The van der Waals surface area contributed by atoms with E-state index in [2.05, 4.69) is 4.98 Å². The van der Waals surface area contributed by atoms with Crippen LogP contribution in [0.25, 0.3) is 16.7 Å². The summed E-state index contributed by atoms with van der Waals surface area (Å²) < 4.78 is 38.5. The predicted octanol–water partition coefficient (Wildman–Crippen LogP) is 3.53. The van der Waals surface area contributed by atoms with Gasteiger partial charge < -0.3 is 0 Å². The number of fused-ring (bicyclic) bond motifs is 1. The molecule has 22 heavy (non-hydrogen) atoms. The highest BCUT2D eigenvalue weighted by atomic mass is 35.5. The Morgan fingerprint density at radius 3 is 2.55 bits per heavy atom. The number of hydrogen-bond donors (Lipinski definition) is 0. The maximum atomic E-state index is 13.5. The lowest BCUT2D eigenvalue weighted by atomic mass is 10.2. The maximum Gasteiger partial charge on any atom is 0.176 e. The molecule has 0 aliphatic rings. The normalized spacial score (nSPS) is 12.0. The Labute approximate surface area is 132 Å². The minimum absolute atomic E-state index is 0.0613. The molecule has 0 saturated carbocycles. The number of hydrogen-bond acceptors (Lipinski definition) is 3. The number of benzene rings is 2. The SMILES string of the molecule is Cc1nc2ccc(F)cc2n1-c1ccc(S(C)(=O)=O)c(Cl)c1. The molecule has 3 rings (SSSR count). The number of nitrogens with zero attached hydrogens (tertiary/aromatic N) is 2. The Kier molecular flexibility index (Phi) is 3.45. The second-order valence-corrected chi connectivity index (χ2v) is 7.41. The van der Waals surface area contributed by atoms with E-state index >= 15 is 0 Å². The van der Waals surface area contributed by atoms with Gasteiger partial charge in [0.15, 0.2) is 9.84 Å². The van der Waals surface area contributed by atoms with E-state index in [9.17, 15) is 12.8 Å². The zero-order chi connectivity index (χ0) is 16.1. The van der Waals surface area contributed by atoms with Gasteiger partial charge in [-0.2, -0.15) is 0 Å². The van der Waals surface area contributed by atoms with Crippen molar-refractivity contribution in [2.24, 2.45) is 0 Å². The fraction of sp³-hybridized carbons (Fsp3) is 0.133. The maximum absolute atomic E-state index is 13.5. The standard InChI is InChI=1S/C15H12ClFN2O2S/c1-9-18-13-5-3-10(17)7-14(13)19(9)11-4-6-15(12(16)8-11)22(2,20)21/h3-8H,1-2H3. The van der Waals surface area contributed by atoms with Gasteiger partial charge in [-0.1, -0.05) is 11.6 Å². The molecule has 7 heteroatoms. The van der Waals surface area contributed by atoms with Gasteiger partial charge in [0.25, 0.3) is 0 Å². The van der Waals surface area contributed by atoms with Crippen LogP contribution in [0.15, 0.2) is 41.3 Å². The molecule has 4 nitrogen and oxygen atoms in total. The summed E-state index contributed by atoms with van der Waals surface area (Å²) in [5.41, 5.74) is 1.88. The second-order valence-electron chi connectivity index (χ2n) is 5.01. The van der Waals surface area contributed by atoms with Crippen LogP contribution in [0.1, 0.15) is 5.82 Å². The van der Waals surface area contributed by atoms with E-state index in [0.717, 1.165) is 6.26 Å². The third kappa shape index (κ3) is 2.48. The number of aromatic nitrogens is 2. The van der Waals surface area contributed by atoms with Crippen molar-refractivity contribution < 1.29 is 12.8 Å². The van der Waals surface area contributed by atoms with Crippen molar-refractivity contribution in [3.8, 4) is 5.69 Å². The number of aryl methyl sites for hydroxylation is 1. The van der Waals surface area contributed by atoms with Crippen molar-refractivity contribution in [3.63, 3.8) is 0 Å². The van der Waals surface area contributed by atoms with Crippen LogP contribution >= 0.6 is 11.6 Å². The van der Waals surface area contributed by atoms with Crippen LogP contribution in [-0.2, 0) is 9.84 Å². The molecule has 0 radical (unpaired) electrons. The molecule has 0 fully saturated rings. The Bertz CT molecular complexity index is 996. The first-order valence-corrected chi connectivity index (χ1v) is 8.69. The summed E-state index contributed by atoms with van der Waals surface area (Å²) in [6.07, 6.45) is 1.10. The highest BCUT2D eigenvalue weighted by molar-refractivity contribution is 7.90. The molecule has 0 aliphatic carbocycles. The lowest BCUT2D eigenvalue weighted by Crippen LogP contribution is -2.01. The smallest absolute Gasteiger partial charge is 0.176 e. The molecule has 3 aromatic rings. The topological polar surface area (TPSA) is 52.0 Å².